The number of aryl methyl sites for hydroxylation is 4. The van der Waals surface area contributed by atoms with Crippen molar-refractivity contribution in [2.75, 3.05) is 16.8 Å². The third kappa shape index (κ3) is 7.11. The molecule has 0 aliphatic heterocycles. The Morgan fingerprint density at radius 3 is 1.03 bits per heavy atom. The predicted molar refractivity (Wildman–Crippen MR) is 299 cm³/mol. The molecule has 0 N–H and O–H groups in total. The molecule has 13 rings (SSSR count). The highest BCUT2D eigenvalue weighted by Crippen LogP contribution is 2.56. The lowest BCUT2D eigenvalue weighted by molar-refractivity contribution is 1.20. The Hall–Kier alpha value is -8.46. The van der Waals surface area contributed by atoms with Crippen LogP contribution in [0.5, 0.6) is 0 Å². The number of hydrogen-bond donors (Lipinski definition) is 0. The van der Waals surface area contributed by atoms with Gasteiger partial charge in [0.15, 0.2) is 0 Å². The predicted octanol–water partition coefficient (Wildman–Crippen LogP) is 19.0. The second-order valence-corrected chi connectivity index (χ2v) is 18.8. The zero-order valence-electron chi connectivity index (χ0n) is 39.8. The van der Waals surface area contributed by atoms with Crippen molar-refractivity contribution in [1.82, 2.24) is 0 Å². The fourth-order valence-electron chi connectivity index (χ4n) is 10.9. The summed E-state index contributed by atoms with van der Waals surface area (Å²) < 4.78 is 0. The summed E-state index contributed by atoms with van der Waals surface area (Å²) >= 11 is 0. The van der Waals surface area contributed by atoms with E-state index in [9.17, 15) is 0 Å². The molecule has 0 fully saturated rings. The maximum atomic E-state index is 2.43. The van der Waals surface area contributed by atoms with E-state index in [1.807, 2.05) is 0 Å². The standard InChI is InChI=1S/C52H35N.C15H17N/c1-32-22-26-37(27-23-32)53(38-28-24-33(2)25-29-38)44-31-30-43-48-39(44)18-11-21-42(48)51-46(35-12-5-3-6-13-35)49-40-19-9-16-34-17-10-20-41(45(34)40)50(49)47(52(43)51)36-14-7-4-8-15-36;1-12-4-8-14(9-5-12)16(3)15-10-6-13(2)7-11-15/h3-31H,1-2H3;4-11H,1-3H3. The van der Waals surface area contributed by atoms with Gasteiger partial charge in [-0.3, -0.25) is 0 Å². The van der Waals surface area contributed by atoms with E-state index in [-0.39, 0.29) is 0 Å². The van der Waals surface area contributed by atoms with Crippen LogP contribution in [0, 0.1) is 27.7 Å². The molecule has 0 aliphatic carbocycles. The fourth-order valence-corrected chi connectivity index (χ4v) is 10.9. The molecular formula is C67H52N2. The average Bonchev–Trinajstić information content (AvgIpc) is 3.90. The number of nitrogens with zero attached hydrogens (tertiary/aromatic N) is 2. The van der Waals surface area contributed by atoms with Gasteiger partial charge in [0.1, 0.15) is 0 Å². The second kappa shape index (κ2) is 17.0. The largest absolute Gasteiger partial charge is 0.345 e. The Bertz CT molecular complexity index is 3730. The van der Waals surface area contributed by atoms with Crippen molar-refractivity contribution >= 4 is 93.1 Å². The van der Waals surface area contributed by atoms with E-state index >= 15 is 0 Å². The first-order chi connectivity index (χ1) is 33.8. The van der Waals surface area contributed by atoms with Gasteiger partial charge in [0.25, 0.3) is 0 Å². The monoisotopic (exact) mass is 884 g/mol. The van der Waals surface area contributed by atoms with Gasteiger partial charge < -0.3 is 9.80 Å². The summed E-state index contributed by atoms with van der Waals surface area (Å²) in [4.78, 5) is 4.62. The van der Waals surface area contributed by atoms with E-state index in [1.165, 1.54) is 126 Å². The molecular weight excluding hydrogens is 833 g/mol. The Balaban J connectivity index is 0.000000262. The lowest BCUT2D eigenvalue weighted by Crippen LogP contribution is -2.10. The topological polar surface area (TPSA) is 6.48 Å². The normalized spacial score (nSPS) is 11.6. The van der Waals surface area contributed by atoms with Crippen molar-refractivity contribution in [3.63, 3.8) is 0 Å². The van der Waals surface area contributed by atoms with E-state index < -0.39 is 0 Å². The van der Waals surface area contributed by atoms with E-state index in [0.29, 0.717) is 0 Å². The Labute approximate surface area is 404 Å². The zero-order chi connectivity index (χ0) is 46.8. The van der Waals surface area contributed by atoms with Crippen LogP contribution in [0.4, 0.5) is 28.4 Å². The van der Waals surface area contributed by atoms with Crippen LogP contribution >= 0.6 is 0 Å². The zero-order valence-corrected chi connectivity index (χ0v) is 39.8. The second-order valence-electron chi connectivity index (χ2n) is 18.8. The van der Waals surface area contributed by atoms with Crippen LogP contribution in [0.1, 0.15) is 22.3 Å². The number of rotatable bonds is 7. The van der Waals surface area contributed by atoms with Crippen molar-refractivity contribution in [2.45, 2.75) is 27.7 Å². The van der Waals surface area contributed by atoms with Gasteiger partial charge >= 0.3 is 0 Å². The van der Waals surface area contributed by atoms with Crippen molar-refractivity contribution in [2.24, 2.45) is 0 Å². The van der Waals surface area contributed by atoms with Crippen LogP contribution in [0.25, 0.3) is 86.9 Å². The summed E-state index contributed by atoms with van der Waals surface area (Å²) in [7, 11) is 2.09. The molecule has 13 aromatic rings. The number of fused-ring (bicyclic) bond motifs is 6. The van der Waals surface area contributed by atoms with Crippen LogP contribution in [-0.2, 0) is 0 Å². The molecule has 0 heterocycles. The summed E-state index contributed by atoms with van der Waals surface area (Å²) in [6.45, 7) is 8.52. The molecule has 13 aromatic carbocycles. The van der Waals surface area contributed by atoms with Gasteiger partial charge in [0.05, 0.1) is 5.69 Å². The van der Waals surface area contributed by atoms with E-state index in [0.717, 1.165) is 11.4 Å². The quantitative estimate of drug-likeness (QED) is 0.157. The maximum Gasteiger partial charge on any atom is 0.0540 e. The summed E-state index contributed by atoms with van der Waals surface area (Å²) in [5.74, 6) is 0. The van der Waals surface area contributed by atoms with Gasteiger partial charge in [-0.25, -0.2) is 0 Å². The molecule has 0 atom stereocenters. The van der Waals surface area contributed by atoms with E-state index in [2.05, 4.69) is 269 Å². The molecule has 0 unspecified atom stereocenters. The summed E-state index contributed by atoms with van der Waals surface area (Å²) in [5, 5.41) is 15.8. The van der Waals surface area contributed by atoms with Gasteiger partial charge in [0.2, 0.25) is 0 Å². The molecule has 0 spiro atoms. The first-order valence-electron chi connectivity index (χ1n) is 24.1. The van der Waals surface area contributed by atoms with E-state index in [4.69, 9.17) is 0 Å². The highest BCUT2D eigenvalue weighted by molar-refractivity contribution is 6.47. The third-order valence-corrected chi connectivity index (χ3v) is 14.3. The van der Waals surface area contributed by atoms with Crippen molar-refractivity contribution in [1.29, 1.82) is 0 Å². The lowest BCUT2D eigenvalue weighted by atomic mass is 9.87. The Morgan fingerprint density at radius 2 is 0.609 bits per heavy atom. The fraction of sp³-hybridized carbons (Fsp3) is 0.0746. The minimum Gasteiger partial charge on any atom is -0.345 e. The molecule has 0 aliphatic rings. The molecule has 2 heteroatoms. The van der Waals surface area contributed by atoms with Crippen LogP contribution in [0.2, 0.25) is 0 Å². The molecule has 2 nitrogen and oxygen atoms in total. The molecule has 0 amide bonds. The molecule has 0 radical (unpaired) electrons. The summed E-state index contributed by atoms with van der Waals surface area (Å²) in [5.41, 5.74) is 16.1. The number of anilines is 5. The minimum absolute atomic E-state index is 1.15. The molecule has 69 heavy (non-hydrogen) atoms. The lowest BCUT2D eigenvalue weighted by Gasteiger charge is -2.27. The smallest absolute Gasteiger partial charge is 0.0540 e. The van der Waals surface area contributed by atoms with Gasteiger partial charge in [0, 0.05) is 35.2 Å². The minimum atomic E-state index is 1.15. The average molecular weight is 885 g/mol. The molecule has 0 saturated heterocycles. The van der Waals surface area contributed by atoms with Crippen LogP contribution in [0.15, 0.2) is 224 Å². The number of benzene rings is 11. The highest BCUT2D eigenvalue weighted by atomic mass is 15.1. The number of hydrogen-bond acceptors (Lipinski definition) is 2. The first kappa shape index (κ1) is 41.9. The molecule has 330 valence electrons. The molecule has 0 saturated carbocycles. The van der Waals surface area contributed by atoms with Gasteiger partial charge in [-0.1, -0.05) is 192 Å². The van der Waals surface area contributed by atoms with E-state index in [1.54, 1.807) is 0 Å². The molecule has 0 aromatic heterocycles. The van der Waals surface area contributed by atoms with Crippen molar-refractivity contribution in [3.05, 3.63) is 247 Å². The maximum absolute atomic E-state index is 2.43. The van der Waals surface area contributed by atoms with Gasteiger partial charge in [-0.05, 0) is 164 Å². The van der Waals surface area contributed by atoms with Crippen LogP contribution < -0.4 is 9.80 Å². The summed E-state index contributed by atoms with van der Waals surface area (Å²) in [6.07, 6.45) is 0. The van der Waals surface area contributed by atoms with Gasteiger partial charge in [-0.15, -0.1) is 0 Å². The Morgan fingerprint density at radius 1 is 0.261 bits per heavy atom. The third-order valence-electron chi connectivity index (χ3n) is 14.3. The van der Waals surface area contributed by atoms with Crippen molar-refractivity contribution in [3.8, 4) is 22.3 Å². The highest BCUT2D eigenvalue weighted by Gasteiger charge is 2.28. The Kier molecular flexibility index (Phi) is 10.3. The van der Waals surface area contributed by atoms with Crippen LogP contribution in [-0.4, -0.2) is 7.05 Å². The first-order valence-corrected chi connectivity index (χ1v) is 24.1. The van der Waals surface area contributed by atoms with Gasteiger partial charge in [-0.2, -0.15) is 0 Å². The SMILES string of the molecule is Cc1ccc(N(C)c2ccc(C)cc2)cc1.Cc1ccc(N(c2ccc(C)cc2)c2ccc3c4c(-c5ccccc5)c5c6cccc7cccc(c5c(-c5ccccc5)c4c4cccc2c43)c76)cc1. The van der Waals surface area contributed by atoms with Crippen LogP contribution in [0.3, 0.4) is 0 Å². The summed E-state index contributed by atoms with van der Waals surface area (Å²) in [6, 6.07) is 82.5. The van der Waals surface area contributed by atoms with Crippen molar-refractivity contribution < 1.29 is 0 Å². The molecule has 0 bridgehead atoms.